The molecule has 2 nitrogen and oxygen atoms in total. The predicted molar refractivity (Wildman–Crippen MR) is 63.0 cm³/mol. The summed E-state index contributed by atoms with van der Waals surface area (Å²) in [7, 11) is 1.67. The van der Waals surface area contributed by atoms with E-state index in [1.807, 2.05) is 43.5 Å². The molecule has 15 heavy (non-hydrogen) atoms. The SMILES string of the molecule is C/C=C/c1cnc2ccc(OC)cc2c1. The van der Waals surface area contributed by atoms with E-state index >= 15 is 0 Å². The molecule has 2 heteroatoms. The maximum absolute atomic E-state index is 5.18. The first kappa shape index (κ1) is 9.71. The number of methoxy groups -OCH3 is 1. The molecule has 0 aliphatic carbocycles. The highest BCUT2D eigenvalue weighted by Gasteiger charge is 1.97. The quantitative estimate of drug-likeness (QED) is 0.740. The van der Waals surface area contributed by atoms with E-state index in [1.54, 1.807) is 7.11 Å². The van der Waals surface area contributed by atoms with Crippen molar-refractivity contribution in [3.8, 4) is 5.75 Å². The fourth-order valence-electron chi connectivity index (χ4n) is 1.54. The van der Waals surface area contributed by atoms with Gasteiger partial charge >= 0.3 is 0 Å². The Morgan fingerprint density at radius 3 is 2.87 bits per heavy atom. The summed E-state index contributed by atoms with van der Waals surface area (Å²) < 4.78 is 5.18. The molecule has 0 bridgehead atoms. The highest BCUT2D eigenvalue weighted by molar-refractivity contribution is 5.82. The summed E-state index contributed by atoms with van der Waals surface area (Å²) in [4.78, 5) is 4.37. The standard InChI is InChI=1S/C13H13NO/c1-3-4-10-7-11-8-12(15-2)5-6-13(11)14-9-10/h3-9H,1-2H3/b4-3+. The van der Waals surface area contributed by atoms with Crippen molar-refractivity contribution in [3.63, 3.8) is 0 Å². The van der Waals surface area contributed by atoms with E-state index in [0.717, 1.165) is 22.2 Å². The van der Waals surface area contributed by atoms with Crippen LogP contribution in [0.4, 0.5) is 0 Å². The molecule has 0 unspecified atom stereocenters. The van der Waals surface area contributed by atoms with Gasteiger partial charge < -0.3 is 4.74 Å². The number of hydrogen-bond acceptors (Lipinski definition) is 2. The van der Waals surface area contributed by atoms with Crippen molar-refractivity contribution >= 4 is 17.0 Å². The first-order valence-corrected chi connectivity index (χ1v) is 4.90. The molecular weight excluding hydrogens is 186 g/mol. The average Bonchev–Trinajstić information content (AvgIpc) is 2.28. The summed E-state index contributed by atoms with van der Waals surface area (Å²) >= 11 is 0. The molecule has 0 aliphatic heterocycles. The third-order valence-corrected chi connectivity index (χ3v) is 2.27. The molecule has 0 fully saturated rings. The van der Waals surface area contributed by atoms with Gasteiger partial charge in [0.15, 0.2) is 0 Å². The van der Waals surface area contributed by atoms with Crippen LogP contribution < -0.4 is 4.74 Å². The smallest absolute Gasteiger partial charge is 0.119 e. The number of benzene rings is 1. The zero-order valence-electron chi connectivity index (χ0n) is 8.90. The van der Waals surface area contributed by atoms with Crippen LogP contribution in [0.2, 0.25) is 0 Å². The molecule has 0 saturated heterocycles. The van der Waals surface area contributed by atoms with Gasteiger partial charge in [0.05, 0.1) is 12.6 Å². The summed E-state index contributed by atoms with van der Waals surface area (Å²) in [6.07, 6.45) is 5.91. The predicted octanol–water partition coefficient (Wildman–Crippen LogP) is 3.28. The number of hydrogen-bond donors (Lipinski definition) is 0. The van der Waals surface area contributed by atoms with Gasteiger partial charge in [-0.25, -0.2) is 0 Å². The van der Waals surface area contributed by atoms with Gasteiger partial charge in [0.1, 0.15) is 5.75 Å². The highest BCUT2D eigenvalue weighted by atomic mass is 16.5. The van der Waals surface area contributed by atoms with Gasteiger partial charge in [-0.2, -0.15) is 0 Å². The maximum Gasteiger partial charge on any atom is 0.119 e. The molecule has 76 valence electrons. The molecule has 2 rings (SSSR count). The van der Waals surface area contributed by atoms with E-state index < -0.39 is 0 Å². The van der Waals surface area contributed by atoms with E-state index in [1.165, 1.54) is 0 Å². The molecule has 1 aromatic heterocycles. The summed E-state index contributed by atoms with van der Waals surface area (Å²) in [6.45, 7) is 2.00. The largest absolute Gasteiger partial charge is 0.497 e. The van der Waals surface area contributed by atoms with E-state index in [-0.39, 0.29) is 0 Å². The van der Waals surface area contributed by atoms with Gasteiger partial charge in [-0.15, -0.1) is 0 Å². The minimum atomic E-state index is 0.863. The van der Waals surface area contributed by atoms with Gasteiger partial charge in [0, 0.05) is 11.6 Å². The Labute approximate surface area is 89.2 Å². The molecule has 0 amide bonds. The lowest BCUT2D eigenvalue weighted by Gasteiger charge is -2.02. The second kappa shape index (κ2) is 4.13. The van der Waals surface area contributed by atoms with Crippen LogP contribution in [0.15, 0.2) is 36.5 Å². The zero-order valence-corrected chi connectivity index (χ0v) is 8.90. The lowest BCUT2D eigenvalue weighted by atomic mass is 10.1. The first-order valence-electron chi connectivity index (χ1n) is 4.90. The van der Waals surface area contributed by atoms with Crippen LogP contribution in [0.1, 0.15) is 12.5 Å². The van der Waals surface area contributed by atoms with Gasteiger partial charge in [0.25, 0.3) is 0 Å². The molecule has 0 saturated carbocycles. The molecule has 0 spiro atoms. The summed E-state index contributed by atoms with van der Waals surface area (Å²) in [5.41, 5.74) is 2.10. The number of nitrogens with zero attached hydrogens (tertiary/aromatic N) is 1. The summed E-state index contributed by atoms with van der Waals surface area (Å²) in [5.74, 6) is 0.863. The van der Waals surface area contributed by atoms with Gasteiger partial charge in [0.2, 0.25) is 0 Å². The van der Waals surface area contributed by atoms with Crippen LogP contribution in [0.25, 0.3) is 17.0 Å². The molecule has 0 radical (unpaired) electrons. The zero-order chi connectivity index (χ0) is 10.7. The van der Waals surface area contributed by atoms with Gasteiger partial charge in [-0.05, 0) is 36.8 Å². The first-order chi connectivity index (χ1) is 7.33. The minimum absolute atomic E-state index is 0.863. The van der Waals surface area contributed by atoms with Crippen molar-refractivity contribution in [2.45, 2.75) is 6.92 Å². The van der Waals surface area contributed by atoms with Crippen molar-refractivity contribution in [2.75, 3.05) is 7.11 Å². The van der Waals surface area contributed by atoms with Crippen LogP contribution in [0, 0.1) is 0 Å². The van der Waals surface area contributed by atoms with Crippen LogP contribution >= 0.6 is 0 Å². The molecule has 1 aromatic carbocycles. The average molecular weight is 199 g/mol. The Hall–Kier alpha value is -1.83. The third kappa shape index (κ3) is 1.99. The van der Waals surface area contributed by atoms with Crippen LogP contribution in [0.3, 0.4) is 0 Å². The number of aromatic nitrogens is 1. The number of pyridine rings is 1. The van der Waals surface area contributed by atoms with Crippen molar-refractivity contribution in [1.82, 2.24) is 4.98 Å². The summed E-state index contributed by atoms with van der Waals surface area (Å²) in [5, 5.41) is 1.10. The van der Waals surface area contributed by atoms with E-state index in [4.69, 9.17) is 4.74 Å². The monoisotopic (exact) mass is 199 g/mol. The second-order valence-corrected chi connectivity index (χ2v) is 3.33. The topological polar surface area (TPSA) is 22.1 Å². The lowest BCUT2D eigenvalue weighted by Crippen LogP contribution is -1.85. The van der Waals surface area contributed by atoms with Crippen molar-refractivity contribution in [1.29, 1.82) is 0 Å². The Balaban J connectivity index is 2.57. The van der Waals surface area contributed by atoms with Gasteiger partial charge in [-0.1, -0.05) is 12.2 Å². The second-order valence-electron chi connectivity index (χ2n) is 3.33. The van der Waals surface area contributed by atoms with E-state index in [0.29, 0.717) is 0 Å². The molecule has 0 N–H and O–H groups in total. The molecular formula is C13H13NO. The van der Waals surface area contributed by atoms with Gasteiger partial charge in [-0.3, -0.25) is 4.98 Å². The van der Waals surface area contributed by atoms with Crippen molar-refractivity contribution in [2.24, 2.45) is 0 Å². The molecule has 2 aromatic rings. The number of fused-ring (bicyclic) bond motifs is 1. The number of allylic oxidation sites excluding steroid dienone is 1. The minimum Gasteiger partial charge on any atom is -0.497 e. The van der Waals surface area contributed by atoms with E-state index in [2.05, 4.69) is 11.1 Å². The summed E-state index contributed by atoms with van der Waals surface area (Å²) in [6, 6.07) is 7.98. The van der Waals surface area contributed by atoms with Crippen LogP contribution in [-0.4, -0.2) is 12.1 Å². The number of rotatable bonds is 2. The molecule has 0 atom stereocenters. The Kier molecular flexibility index (Phi) is 2.68. The fourth-order valence-corrected chi connectivity index (χ4v) is 1.54. The van der Waals surface area contributed by atoms with E-state index in [9.17, 15) is 0 Å². The maximum atomic E-state index is 5.18. The highest BCUT2D eigenvalue weighted by Crippen LogP contribution is 2.20. The fraction of sp³-hybridized carbons (Fsp3) is 0.154. The Morgan fingerprint density at radius 1 is 1.27 bits per heavy atom. The van der Waals surface area contributed by atoms with Crippen LogP contribution in [-0.2, 0) is 0 Å². The third-order valence-electron chi connectivity index (χ3n) is 2.27. The molecule has 0 aliphatic rings. The van der Waals surface area contributed by atoms with Crippen LogP contribution in [0.5, 0.6) is 5.75 Å². The lowest BCUT2D eigenvalue weighted by molar-refractivity contribution is 0.415. The van der Waals surface area contributed by atoms with Crippen molar-refractivity contribution in [3.05, 3.63) is 42.1 Å². The Morgan fingerprint density at radius 2 is 2.13 bits per heavy atom. The normalized spacial score (nSPS) is 11.1. The molecule has 1 heterocycles. The number of ether oxygens (including phenoxy) is 1. The Bertz CT molecular complexity index is 503. The van der Waals surface area contributed by atoms with Crippen molar-refractivity contribution < 1.29 is 4.74 Å².